The Bertz CT molecular complexity index is 309. The first-order chi connectivity index (χ1) is 4.97. The number of benzene rings is 1. The van der Waals surface area contributed by atoms with Crippen LogP contribution in [0.15, 0.2) is 39.5 Å². The second-order valence-electron chi connectivity index (χ2n) is 1.94. The van der Waals surface area contributed by atoms with Gasteiger partial charge >= 0.3 is 0 Å². The van der Waals surface area contributed by atoms with Crippen LogP contribution in [0.1, 0.15) is 0 Å². The van der Waals surface area contributed by atoms with Crippen LogP contribution in [0.2, 0.25) is 0 Å². The maximum absolute atomic E-state index is 3.15. The van der Waals surface area contributed by atoms with Crippen LogP contribution in [-0.4, -0.2) is 5.02 Å². The van der Waals surface area contributed by atoms with Crippen LogP contribution in [0.3, 0.4) is 0 Å². The number of thiol groups is 1. The summed E-state index contributed by atoms with van der Waals surface area (Å²) in [6, 6.07) is 8.42. The minimum Gasteiger partial charge on any atom is -0.124 e. The Kier molecular flexibility index (Phi) is 1.68. The van der Waals surface area contributed by atoms with Gasteiger partial charge in [-0.3, -0.25) is 0 Å². The molecule has 0 atom stereocenters. The van der Waals surface area contributed by atoms with E-state index in [0.717, 1.165) is 0 Å². The zero-order valence-electron chi connectivity index (χ0n) is 5.24. The minimum absolute atomic E-state index is 1.20. The van der Waals surface area contributed by atoms with Crippen LogP contribution >= 0.6 is 23.1 Å². The first-order valence-corrected chi connectivity index (χ1v) is 4.78. The molecule has 0 aliphatic carbocycles. The van der Waals surface area contributed by atoms with Crippen molar-refractivity contribution in [3.63, 3.8) is 0 Å². The Morgan fingerprint density at radius 2 is 2.20 bits per heavy atom. The molecule has 0 aromatic heterocycles. The van der Waals surface area contributed by atoms with Crippen LogP contribution in [-0.2, 0) is 0 Å². The molecule has 0 spiro atoms. The van der Waals surface area contributed by atoms with Gasteiger partial charge in [0, 0.05) is 15.2 Å². The van der Waals surface area contributed by atoms with Gasteiger partial charge in [0.05, 0.1) is 0 Å². The fourth-order valence-corrected chi connectivity index (χ4v) is 2.51. The molecule has 0 nitrogen and oxygen atoms in total. The summed E-state index contributed by atoms with van der Waals surface area (Å²) in [6.07, 6.45) is 0. The molecule has 0 amide bonds. The molecule has 0 fully saturated rings. The van der Waals surface area contributed by atoms with Gasteiger partial charge in [-0.15, -0.1) is 11.4 Å². The predicted molar refractivity (Wildman–Crippen MR) is 49.1 cm³/mol. The van der Waals surface area contributed by atoms with E-state index in [-0.39, 0.29) is 0 Å². The Morgan fingerprint density at radius 1 is 1.30 bits per heavy atom. The number of rotatable bonds is 0. The lowest BCUT2D eigenvalue weighted by atomic mass is 10.4. The second kappa shape index (κ2) is 2.67. The fraction of sp³-hybridized carbons (Fsp3) is 0. The van der Waals surface area contributed by atoms with Gasteiger partial charge in [0.1, 0.15) is 0 Å². The molecule has 0 unspecified atom stereocenters. The Labute approximate surface area is 67.9 Å². The van der Waals surface area contributed by atoms with Crippen LogP contribution in [0.4, 0.5) is 0 Å². The fourth-order valence-electron chi connectivity index (χ4n) is 0.835. The van der Waals surface area contributed by atoms with E-state index in [9.17, 15) is 0 Å². The maximum Gasteiger partial charge on any atom is 0.0257 e. The van der Waals surface area contributed by atoms with E-state index in [1.54, 1.807) is 11.8 Å². The third kappa shape index (κ3) is 1.06. The lowest BCUT2D eigenvalue weighted by molar-refractivity contribution is 1.26. The zero-order chi connectivity index (χ0) is 6.81. The largest absolute Gasteiger partial charge is 0.124 e. The molecule has 2 rings (SSSR count). The van der Waals surface area contributed by atoms with Gasteiger partial charge in [-0.25, -0.2) is 0 Å². The first kappa shape index (κ1) is 6.29. The Balaban J connectivity index is 2.63. The summed E-state index contributed by atoms with van der Waals surface area (Å²) in [6.45, 7) is 0. The van der Waals surface area contributed by atoms with Crippen molar-refractivity contribution in [1.82, 2.24) is 0 Å². The Hall–Kier alpha value is -0.430. The van der Waals surface area contributed by atoms with Crippen LogP contribution in [0.25, 0.3) is 0 Å². The normalized spacial score (nSPS) is 14.0. The van der Waals surface area contributed by atoms with Gasteiger partial charge in [0.2, 0.25) is 0 Å². The summed E-state index contributed by atoms with van der Waals surface area (Å²) in [5, 5.41) is 5.17. The summed E-state index contributed by atoms with van der Waals surface area (Å²) in [5.74, 6) is 0. The summed E-state index contributed by atoms with van der Waals surface area (Å²) < 4.78 is 0. The second-order valence-corrected chi connectivity index (χ2v) is 3.82. The third-order valence-electron chi connectivity index (χ3n) is 1.29. The molecule has 0 saturated heterocycles. The van der Waals surface area contributed by atoms with Gasteiger partial charge in [-0.05, 0) is 12.1 Å². The van der Waals surface area contributed by atoms with Gasteiger partial charge in [-0.1, -0.05) is 28.9 Å². The van der Waals surface area contributed by atoms with Crippen LogP contribution in [0, 0.1) is 0 Å². The first-order valence-electron chi connectivity index (χ1n) is 3.00. The van der Waals surface area contributed by atoms with Crippen molar-refractivity contribution in [2.75, 3.05) is 0 Å². The SMILES string of the molecule is C1=CSc2ccccc2[SH]=1. The van der Waals surface area contributed by atoms with E-state index in [1.165, 1.54) is 21.1 Å². The summed E-state index contributed by atoms with van der Waals surface area (Å²) >= 11 is 2.95. The molecule has 0 radical (unpaired) electrons. The number of thioether (sulfide) groups is 1. The molecular weight excluding hydrogens is 160 g/mol. The molecule has 1 aromatic rings. The highest BCUT2D eigenvalue weighted by Crippen LogP contribution is 2.29. The number of hydrogen-bond acceptors (Lipinski definition) is 1. The molecule has 0 bridgehead atoms. The lowest BCUT2D eigenvalue weighted by Crippen LogP contribution is -1.75. The third-order valence-corrected chi connectivity index (χ3v) is 3.35. The van der Waals surface area contributed by atoms with Crippen molar-refractivity contribution in [1.29, 1.82) is 0 Å². The van der Waals surface area contributed by atoms with Crippen molar-refractivity contribution in [2.45, 2.75) is 9.79 Å². The van der Waals surface area contributed by atoms with Gasteiger partial charge in [0.25, 0.3) is 0 Å². The zero-order valence-corrected chi connectivity index (χ0v) is 6.95. The highest BCUT2D eigenvalue weighted by molar-refractivity contribution is 8.06. The molecule has 1 heterocycles. The highest BCUT2D eigenvalue weighted by atomic mass is 32.2. The van der Waals surface area contributed by atoms with Gasteiger partial charge in [0.15, 0.2) is 0 Å². The standard InChI is InChI=1S/C8H6S2/c1-2-4-8-7(3-1)9-5-6-10-8/h1-5,10H. The minimum atomic E-state index is 1.20. The molecule has 0 N–H and O–H groups in total. The van der Waals surface area contributed by atoms with E-state index < -0.39 is 0 Å². The van der Waals surface area contributed by atoms with Crippen LogP contribution < -0.4 is 0 Å². The molecule has 1 aliphatic rings. The summed E-state index contributed by atoms with van der Waals surface area (Å²) in [5.41, 5.74) is 0. The van der Waals surface area contributed by atoms with E-state index in [4.69, 9.17) is 0 Å². The molecule has 1 aromatic carbocycles. The van der Waals surface area contributed by atoms with Crippen molar-refractivity contribution >= 4 is 28.1 Å². The summed E-state index contributed by atoms with van der Waals surface area (Å²) in [4.78, 5) is 2.73. The summed E-state index contributed by atoms with van der Waals surface area (Å²) in [7, 11) is 0. The van der Waals surface area contributed by atoms with Crippen molar-refractivity contribution in [3.8, 4) is 0 Å². The van der Waals surface area contributed by atoms with Gasteiger partial charge < -0.3 is 0 Å². The van der Waals surface area contributed by atoms with Gasteiger partial charge in [-0.2, -0.15) is 0 Å². The lowest BCUT2D eigenvalue weighted by Gasteiger charge is -2.02. The van der Waals surface area contributed by atoms with E-state index >= 15 is 0 Å². The van der Waals surface area contributed by atoms with Crippen LogP contribution in [0.5, 0.6) is 0 Å². The monoisotopic (exact) mass is 166 g/mol. The average molecular weight is 166 g/mol. The van der Waals surface area contributed by atoms with Crippen molar-refractivity contribution in [2.24, 2.45) is 0 Å². The number of fused-ring (bicyclic) bond motifs is 1. The van der Waals surface area contributed by atoms with E-state index in [2.05, 4.69) is 29.3 Å². The smallest absolute Gasteiger partial charge is 0.0257 e. The molecular formula is C8H6S2. The predicted octanol–water partition coefficient (Wildman–Crippen LogP) is 2.53. The molecule has 10 heavy (non-hydrogen) atoms. The highest BCUT2D eigenvalue weighted by Gasteiger charge is 1.98. The van der Waals surface area contributed by atoms with E-state index in [0.29, 0.717) is 0 Å². The Morgan fingerprint density at radius 3 is 3.10 bits per heavy atom. The molecule has 1 aliphatic heterocycles. The quantitative estimate of drug-likeness (QED) is 0.456. The average Bonchev–Trinajstić information content (AvgIpc) is 2.05. The maximum atomic E-state index is 3.15. The van der Waals surface area contributed by atoms with Crippen molar-refractivity contribution < 1.29 is 0 Å². The topological polar surface area (TPSA) is 0 Å². The number of hydrogen-bond donors (Lipinski definition) is 1. The molecule has 2 heteroatoms. The van der Waals surface area contributed by atoms with Crippen molar-refractivity contribution in [3.05, 3.63) is 29.7 Å². The molecule has 50 valence electrons. The molecule has 0 saturated carbocycles. The van der Waals surface area contributed by atoms with E-state index in [1.807, 2.05) is 5.41 Å².